The van der Waals surface area contributed by atoms with Crippen molar-refractivity contribution in [2.45, 2.75) is 33.2 Å². The van der Waals surface area contributed by atoms with E-state index in [9.17, 15) is 0 Å². The van der Waals surface area contributed by atoms with Gasteiger partial charge < -0.3 is 15.2 Å². The van der Waals surface area contributed by atoms with Gasteiger partial charge in [0.15, 0.2) is 5.82 Å². The Bertz CT molecular complexity index is 322. The van der Waals surface area contributed by atoms with Gasteiger partial charge in [0.05, 0.1) is 6.54 Å². The molecular formula is C12H24N4O. The summed E-state index contributed by atoms with van der Waals surface area (Å²) in [6.45, 7) is 5.78. The van der Waals surface area contributed by atoms with Crippen molar-refractivity contribution >= 4 is 0 Å². The van der Waals surface area contributed by atoms with E-state index in [2.05, 4.69) is 24.0 Å². The lowest BCUT2D eigenvalue weighted by atomic mass is 9.94. The lowest BCUT2D eigenvalue weighted by Crippen LogP contribution is -2.19. The smallest absolute Gasteiger partial charge is 0.227 e. The van der Waals surface area contributed by atoms with Crippen molar-refractivity contribution in [3.63, 3.8) is 0 Å². The van der Waals surface area contributed by atoms with E-state index in [4.69, 9.17) is 10.3 Å². The Balaban J connectivity index is 2.52. The highest BCUT2D eigenvalue weighted by molar-refractivity contribution is 4.88. The molecule has 0 aromatic carbocycles. The molecular weight excluding hydrogens is 216 g/mol. The van der Waals surface area contributed by atoms with Gasteiger partial charge in [-0.2, -0.15) is 4.98 Å². The SMILES string of the molecule is CC(C)C[C@H](CN)Cc1nc(CN(C)C)no1. The van der Waals surface area contributed by atoms with Crippen molar-refractivity contribution < 1.29 is 4.52 Å². The molecule has 0 aliphatic rings. The van der Waals surface area contributed by atoms with Gasteiger partial charge >= 0.3 is 0 Å². The van der Waals surface area contributed by atoms with Gasteiger partial charge in [0, 0.05) is 6.42 Å². The fourth-order valence-corrected chi connectivity index (χ4v) is 1.90. The fourth-order valence-electron chi connectivity index (χ4n) is 1.90. The van der Waals surface area contributed by atoms with Crippen molar-refractivity contribution in [3.05, 3.63) is 11.7 Å². The van der Waals surface area contributed by atoms with Crippen LogP contribution < -0.4 is 5.73 Å². The highest BCUT2D eigenvalue weighted by Crippen LogP contribution is 2.15. The molecule has 1 atom stereocenters. The Morgan fingerprint density at radius 3 is 2.59 bits per heavy atom. The second-order valence-electron chi connectivity index (χ2n) is 5.28. The number of hydrogen-bond donors (Lipinski definition) is 1. The summed E-state index contributed by atoms with van der Waals surface area (Å²) in [5, 5.41) is 3.95. The van der Waals surface area contributed by atoms with Crippen LogP contribution in [0.25, 0.3) is 0 Å². The average molecular weight is 240 g/mol. The zero-order valence-corrected chi connectivity index (χ0v) is 11.3. The summed E-state index contributed by atoms with van der Waals surface area (Å²) in [7, 11) is 3.97. The molecule has 0 aliphatic carbocycles. The topological polar surface area (TPSA) is 68.2 Å². The third kappa shape index (κ3) is 5.28. The molecule has 5 nitrogen and oxygen atoms in total. The summed E-state index contributed by atoms with van der Waals surface area (Å²) >= 11 is 0. The number of nitrogens with two attached hydrogens (primary N) is 1. The Morgan fingerprint density at radius 1 is 1.35 bits per heavy atom. The van der Waals surface area contributed by atoms with Crippen molar-refractivity contribution in [2.24, 2.45) is 17.6 Å². The van der Waals surface area contributed by atoms with E-state index < -0.39 is 0 Å². The zero-order chi connectivity index (χ0) is 12.8. The van der Waals surface area contributed by atoms with Crippen molar-refractivity contribution in [1.29, 1.82) is 0 Å². The third-order valence-electron chi connectivity index (χ3n) is 2.57. The molecule has 1 rings (SSSR count). The number of aromatic nitrogens is 2. The molecule has 0 saturated heterocycles. The predicted molar refractivity (Wildman–Crippen MR) is 67.4 cm³/mol. The molecule has 0 bridgehead atoms. The first kappa shape index (κ1) is 14.1. The maximum absolute atomic E-state index is 5.76. The Morgan fingerprint density at radius 2 is 2.06 bits per heavy atom. The van der Waals surface area contributed by atoms with Crippen molar-refractivity contribution in [1.82, 2.24) is 15.0 Å². The largest absolute Gasteiger partial charge is 0.339 e. The minimum absolute atomic E-state index is 0.433. The molecule has 98 valence electrons. The molecule has 1 heterocycles. The van der Waals surface area contributed by atoms with Crippen LogP contribution in [0.4, 0.5) is 0 Å². The van der Waals surface area contributed by atoms with Gasteiger partial charge in [-0.25, -0.2) is 0 Å². The number of rotatable bonds is 7. The lowest BCUT2D eigenvalue weighted by molar-refractivity contribution is 0.323. The van der Waals surface area contributed by atoms with Crippen LogP contribution in [0.5, 0.6) is 0 Å². The Kier molecular flexibility index (Phi) is 5.58. The fraction of sp³-hybridized carbons (Fsp3) is 0.833. The van der Waals surface area contributed by atoms with E-state index in [-0.39, 0.29) is 0 Å². The highest BCUT2D eigenvalue weighted by atomic mass is 16.5. The molecule has 0 aliphatic heterocycles. The molecule has 0 radical (unpaired) electrons. The first-order chi connectivity index (χ1) is 8.01. The highest BCUT2D eigenvalue weighted by Gasteiger charge is 2.15. The van der Waals surface area contributed by atoms with Gasteiger partial charge in [0.2, 0.25) is 5.89 Å². The Hall–Kier alpha value is -0.940. The zero-order valence-electron chi connectivity index (χ0n) is 11.3. The van der Waals surface area contributed by atoms with E-state index in [1.807, 2.05) is 19.0 Å². The van der Waals surface area contributed by atoms with E-state index in [1.54, 1.807) is 0 Å². The van der Waals surface area contributed by atoms with Gasteiger partial charge in [-0.15, -0.1) is 0 Å². The minimum Gasteiger partial charge on any atom is -0.339 e. The summed E-state index contributed by atoms with van der Waals surface area (Å²) in [4.78, 5) is 6.39. The summed E-state index contributed by atoms with van der Waals surface area (Å²) in [6.07, 6.45) is 1.89. The molecule has 1 aromatic heterocycles. The maximum atomic E-state index is 5.76. The summed E-state index contributed by atoms with van der Waals surface area (Å²) < 4.78 is 5.24. The molecule has 1 aromatic rings. The third-order valence-corrected chi connectivity index (χ3v) is 2.57. The monoisotopic (exact) mass is 240 g/mol. The maximum Gasteiger partial charge on any atom is 0.227 e. The first-order valence-electron chi connectivity index (χ1n) is 6.17. The van der Waals surface area contributed by atoms with Crippen LogP contribution in [0.3, 0.4) is 0 Å². The van der Waals surface area contributed by atoms with Crippen LogP contribution in [0.1, 0.15) is 32.0 Å². The summed E-state index contributed by atoms with van der Waals surface area (Å²) in [6, 6.07) is 0. The Labute approximate surface area is 103 Å². The molecule has 5 heteroatoms. The van der Waals surface area contributed by atoms with Crippen LogP contribution >= 0.6 is 0 Å². The van der Waals surface area contributed by atoms with Crippen LogP contribution in [0, 0.1) is 11.8 Å². The first-order valence-corrected chi connectivity index (χ1v) is 6.17. The van der Waals surface area contributed by atoms with Crippen LogP contribution in [0.2, 0.25) is 0 Å². The second kappa shape index (κ2) is 6.71. The quantitative estimate of drug-likeness (QED) is 0.778. The van der Waals surface area contributed by atoms with Gasteiger partial charge in [0.1, 0.15) is 0 Å². The standard InChI is InChI=1S/C12H24N4O/c1-9(2)5-10(7-13)6-12-14-11(15-17-12)8-16(3)4/h9-10H,5-8,13H2,1-4H3/t10-/m0/s1. The van der Waals surface area contributed by atoms with Gasteiger partial charge in [0.25, 0.3) is 0 Å². The molecule has 17 heavy (non-hydrogen) atoms. The van der Waals surface area contributed by atoms with Gasteiger partial charge in [-0.05, 0) is 38.9 Å². The van der Waals surface area contributed by atoms with Crippen molar-refractivity contribution in [3.8, 4) is 0 Å². The molecule has 2 N–H and O–H groups in total. The lowest BCUT2D eigenvalue weighted by Gasteiger charge is -2.14. The average Bonchev–Trinajstić information content (AvgIpc) is 2.62. The predicted octanol–water partition coefficient (Wildman–Crippen LogP) is 1.29. The summed E-state index contributed by atoms with van der Waals surface area (Å²) in [5.41, 5.74) is 5.76. The molecule has 0 spiro atoms. The normalized spacial score (nSPS) is 13.6. The van der Waals surface area contributed by atoms with Crippen LogP contribution in [0.15, 0.2) is 4.52 Å². The van der Waals surface area contributed by atoms with Gasteiger partial charge in [-0.3, -0.25) is 0 Å². The number of hydrogen-bond acceptors (Lipinski definition) is 5. The minimum atomic E-state index is 0.433. The summed E-state index contributed by atoms with van der Waals surface area (Å²) in [5.74, 6) is 2.53. The molecule has 0 amide bonds. The van der Waals surface area contributed by atoms with E-state index in [1.165, 1.54) is 0 Å². The number of nitrogens with zero attached hydrogens (tertiary/aromatic N) is 3. The van der Waals surface area contributed by atoms with Crippen LogP contribution in [-0.2, 0) is 13.0 Å². The molecule has 0 unspecified atom stereocenters. The van der Waals surface area contributed by atoms with Gasteiger partial charge in [-0.1, -0.05) is 19.0 Å². The van der Waals surface area contributed by atoms with E-state index >= 15 is 0 Å². The second-order valence-corrected chi connectivity index (χ2v) is 5.28. The van der Waals surface area contributed by atoms with E-state index in [0.717, 1.165) is 18.7 Å². The van der Waals surface area contributed by atoms with E-state index in [0.29, 0.717) is 30.8 Å². The molecule has 0 saturated carbocycles. The molecule has 0 fully saturated rings. The van der Waals surface area contributed by atoms with Crippen LogP contribution in [-0.4, -0.2) is 35.7 Å². The van der Waals surface area contributed by atoms with Crippen molar-refractivity contribution in [2.75, 3.05) is 20.6 Å².